The zero-order valence-electron chi connectivity index (χ0n) is 10.5. The molecule has 21 heavy (non-hydrogen) atoms. The highest BCUT2D eigenvalue weighted by molar-refractivity contribution is 5.81. The number of aliphatic carboxylic acids is 1. The zero-order chi connectivity index (χ0) is 15.6. The lowest BCUT2D eigenvalue weighted by atomic mass is 9.92. The fraction of sp³-hybridized carbons (Fsp3) is 0.143. The molecule has 0 saturated heterocycles. The Labute approximate surface area is 117 Å². The van der Waals surface area contributed by atoms with Gasteiger partial charge in [-0.15, -0.1) is 0 Å². The van der Waals surface area contributed by atoms with Gasteiger partial charge in [0.05, 0.1) is 5.56 Å². The first-order chi connectivity index (χ1) is 9.82. The minimum absolute atomic E-state index is 0.133. The van der Waals surface area contributed by atoms with Crippen molar-refractivity contribution in [1.29, 1.82) is 0 Å². The summed E-state index contributed by atoms with van der Waals surface area (Å²) >= 11 is 0. The number of aliphatic hydroxyl groups is 1. The SMILES string of the molecule is O=C(O)C(O)c1cccc(C(F)(F)F)c1-c1ccncc1. The lowest BCUT2D eigenvalue weighted by molar-refractivity contribution is -0.147. The highest BCUT2D eigenvalue weighted by Gasteiger charge is 2.36. The second kappa shape index (κ2) is 5.53. The van der Waals surface area contributed by atoms with Gasteiger partial charge in [0.2, 0.25) is 0 Å². The zero-order valence-corrected chi connectivity index (χ0v) is 10.5. The van der Waals surface area contributed by atoms with Crippen LogP contribution in [0.4, 0.5) is 13.2 Å². The molecule has 110 valence electrons. The van der Waals surface area contributed by atoms with Crippen LogP contribution in [0.1, 0.15) is 17.2 Å². The summed E-state index contributed by atoms with van der Waals surface area (Å²) in [4.78, 5) is 14.6. The van der Waals surface area contributed by atoms with E-state index in [0.717, 1.165) is 18.2 Å². The van der Waals surface area contributed by atoms with E-state index in [4.69, 9.17) is 5.11 Å². The predicted octanol–water partition coefficient (Wildman–Crippen LogP) is 2.89. The summed E-state index contributed by atoms with van der Waals surface area (Å²) in [5.74, 6) is -1.62. The van der Waals surface area contributed by atoms with Crippen molar-refractivity contribution < 1.29 is 28.2 Å². The van der Waals surface area contributed by atoms with Gasteiger partial charge in [0.1, 0.15) is 0 Å². The van der Waals surface area contributed by atoms with Gasteiger partial charge in [-0.3, -0.25) is 4.98 Å². The Morgan fingerprint density at radius 3 is 2.29 bits per heavy atom. The third kappa shape index (κ3) is 3.03. The maximum atomic E-state index is 13.1. The number of rotatable bonds is 3. The van der Waals surface area contributed by atoms with Crippen molar-refractivity contribution in [3.05, 3.63) is 53.9 Å². The van der Waals surface area contributed by atoms with Gasteiger partial charge in [-0.1, -0.05) is 12.1 Å². The highest BCUT2D eigenvalue weighted by atomic mass is 19.4. The fourth-order valence-corrected chi connectivity index (χ4v) is 2.01. The molecule has 1 aromatic heterocycles. The number of pyridine rings is 1. The molecule has 0 spiro atoms. The molecule has 7 heteroatoms. The molecule has 1 aromatic carbocycles. The molecule has 0 saturated carbocycles. The molecule has 2 N–H and O–H groups in total. The third-order valence-electron chi connectivity index (χ3n) is 2.90. The van der Waals surface area contributed by atoms with Crippen LogP contribution in [0.25, 0.3) is 11.1 Å². The molecule has 0 aliphatic rings. The minimum Gasteiger partial charge on any atom is -0.479 e. The largest absolute Gasteiger partial charge is 0.479 e. The second-order valence-corrected chi connectivity index (χ2v) is 4.24. The number of benzene rings is 1. The monoisotopic (exact) mass is 297 g/mol. The molecular formula is C14H10F3NO3. The number of alkyl halides is 3. The van der Waals surface area contributed by atoms with Crippen LogP contribution in [-0.2, 0) is 11.0 Å². The fourth-order valence-electron chi connectivity index (χ4n) is 2.01. The van der Waals surface area contributed by atoms with Gasteiger partial charge in [0.15, 0.2) is 6.10 Å². The van der Waals surface area contributed by atoms with Gasteiger partial charge in [-0.05, 0) is 23.8 Å². The van der Waals surface area contributed by atoms with E-state index in [1.54, 1.807) is 0 Å². The van der Waals surface area contributed by atoms with Crippen LogP contribution in [0.5, 0.6) is 0 Å². The molecule has 2 aromatic rings. The minimum atomic E-state index is -4.67. The normalized spacial score (nSPS) is 13.0. The molecule has 0 aliphatic heterocycles. The van der Waals surface area contributed by atoms with Crippen molar-refractivity contribution in [3.63, 3.8) is 0 Å². The van der Waals surface area contributed by atoms with E-state index in [0.29, 0.717) is 0 Å². The standard InChI is InChI=1S/C14H10F3NO3/c15-14(16,17)10-3-1-2-9(12(19)13(20)21)11(10)8-4-6-18-7-5-8/h1-7,12,19H,(H,20,21). The number of hydrogen-bond donors (Lipinski definition) is 2. The number of halogens is 3. The number of nitrogens with zero attached hydrogens (tertiary/aromatic N) is 1. The Morgan fingerprint density at radius 2 is 1.76 bits per heavy atom. The number of aromatic nitrogens is 1. The lowest BCUT2D eigenvalue weighted by Crippen LogP contribution is -2.15. The van der Waals surface area contributed by atoms with Crippen LogP contribution in [-0.4, -0.2) is 21.2 Å². The van der Waals surface area contributed by atoms with Crippen molar-refractivity contribution in [2.24, 2.45) is 0 Å². The van der Waals surface area contributed by atoms with E-state index in [1.165, 1.54) is 24.5 Å². The lowest BCUT2D eigenvalue weighted by Gasteiger charge is -2.18. The Hall–Kier alpha value is -2.41. The smallest absolute Gasteiger partial charge is 0.417 e. The maximum Gasteiger partial charge on any atom is 0.417 e. The summed E-state index contributed by atoms with van der Waals surface area (Å²) < 4.78 is 39.4. The summed E-state index contributed by atoms with van der Waals surface area (Å²) in [5, 5.41) is 18.5. The van der Waals surface area contributed by atoms with Crippen LogP contribution in [0.15, 0.2) is 42.7 Å². The molecule has 1 atom stereocenters. The van der Waals surface area contributed by atoms with Crippen molar-refractivity contribution in [3.8, 4) is 11.1 Å². The van der Waals surface area contributed by atoms with E-state index < -0.39 is 23.8 Å². The molecule has 1 heterocycles. The van der Waals surface area contributed by atoms with Crippen LogP contribution in [0.3, 0.4) is 0 Å². The molecule has 0 radical (unpaired) electrons. The Balaban J connectivity index is 2.76. The predicted molar refractivity (Wildman–Crippen MR) is 67.3 cm³/mol. The Morgan fingerprint density at radius 1 is 1.14 bits per heavy atom. The van der Waals surface area contributed by atoms with E-state index in [2.05, 4.69) is 4.98 Å². The van der Waals surface area contributed by atoms with Gasteiger partial charge in [-0.2, -0.15) is 13.2 Å². The highest BCUT2D eigenvalue weighted by Crippen LogP contribution is 2.40. The second-order valence-electron chi connectivity index (χ2n) is 4.24. The summed E-state index contributed by atoms with van der Waals surface area (Å²) in [6, 6.07) is 5.71. The molecular weight excluding hydrogens is 287 g/mol. The molecule has 0 fully saturated rings. The van der Waals surface area contributed by atoms with Gasteiger partial charge in [0.25, 0.3) is 0 Å². The van der Waals surface area contributed by atoms with Gasteiger partial charge >= 0.3 is 12.1 Å². The van der Waals surface area contributed by atoms with Crippen LogP contribution in [0.2, 0.25) is 0 Å². The molecule has 2 rings (SSSR count). The quantitative estimate of drug-likeness (QED) is 0.914. The molecule has 0 bridgehead atoms. The van der Waals surface area contributed by atoms with Crippen LogP contribution < -0.4 is 0 Å². The van der Waals surface area contributed by atoms with Gasteiger partial charge in [0, 0.05) is 23.5 Å². The van der Waals surface area contributed by atoms with Gasteiger partial charge < -0.3 is 10.2 Å². The van der Waals surface area contributed by atoms with E-state index in [9.17, 15) is 23.1 Å². The molecule has 4 nitrogen and oxygen atoms in total. The first-order valence-electron chi connectivity index (χ1n) is 5.83. The van der Waals surface area contributed by atoms with Gasteiger partial charge in [-0.25, -0.2) is 4.79 Å². The van der Waals surface area contributed by atoms with Crippen LogP contribution >= 0.6 is 0 Å². The molecule has 0 aliphatic carbocycles. The summed E-state index contributed by atoms with van der Waals surface area (Å²) in [5.41, 5.74) is -1.55. The third-order valence-corrected chi connectivity index (χ3v) is 2.90. The van der Waals surface area contributed by atoms with Crippen LogP contribution in [0, 0.1) is 0 Å². The summed E-state index contributed by atoms with van der Waals surface area (Å²) in [6.45, 7) is 0. The first-order valence-corrected chi connectivity index (χ1v) is 5.83. The van der Waals surface area contributed by atoms with E-state index in [1.807, 2.05) is 0 Å². The van der Waals surface area contributed by atoms with E-state index >= 15 is 0 Å². The first kappa shape index (κ1) is 15.0. The average molecular weight is 297 g/mol. The maximum absolute atomic E-state index is 13.1. The van der Waals surface area contributed by atoms with Crippen molar-refractivity contribution in [2.45, 2.75) is 12.3 Å². The topological polar surface area (TPSA) is 70.4 Å². The summed E-state index contributed by atoms with van der Waals surface area (Å²) in [6.07, 6.45) is -4.14. The molecule has 1 unspecified atom stereocenters. The van der Waals surface area contributed by atoms with Crippen molar-refractivity contribution in [2.75, 3.05) is 0 Å². The average Bonchev–Trinajstić information content (AvgIpc) is 2.45. The molecule has 0 amide bonds. The number of carbonyl (C=O) groups is 1. The number of carboxylic acid groups (broad SMARTS) is 1. The van der Waals surface area contributed by atoms with Crippen molar-refractivity contribution in [1.82, 2.24) is 4.98 Å². The number of hydrogen-bond acceptors (Lipinski definition) is 3. The Bertz CT molecular complexity index is 656. The number of carboxylic acids is 1. The number of aliphatic hydroxyl groups excluding tert-OH is 1. The Kier molecular flexibility index (Phi) is 3.95. The van der Waals surface area contributed by atoms with Crippen molar-refractivity contribution >= 4 is 5.97 Å². The summed E-state index contributed by atoms with van der Waals surface area (Å²) in [7, 11) is 0. The van der Waals surface area contributed by atoms with E-state index in [-0.39, 0.29) is 16.7 Å².